The van der Waals surface area contributed by atoms with Crippen LogP contribution in [-0.2, 0) is 0 Å². The van der Waals surface area contributed by atoms with Crippen molar-refractivity contribution in [2.45, 2.75) is 13.8 Å². The standard InChI is InChI=1S/C23H25N5O/c1-17-6-5-8-19(16-17)27-12-14-28(15-13-27)22-11-10-21(25-26-22)24-23(29)20-9-4-3-7-18(20)2/h3-11,16H,12-15H2,1-2H3,(H,24,25,29). The Morgan fingerprint density at radius 3 is 2.31 bits per heavy atom. The summed E-state index contributed by atoms with van der Waals surface area (Å²) in [6.07, 6.45) is 0. The molecular weight excluding hydrogens is 362 g/mol. The van der Waals surface area contributed by atoms with Crippen LogP contribution >= 0.6 is 0 Å². The maximum Gasteiger partial charge on any atom is 0.257 e. The molecule has 0 saturated carbocycles. The highest BCUT2D eigenvalue weighted by atomic mass is 16.1. The molecule has 29 heavy (non-hydrogen) atoms. The van der Waals surface area contributed by atoms with Crippen LogP contribution in [0.3, 0.4) is 0 Å². The predicted octanol–water partition coefficient (Wildman–Crippen LogP) is 3.67. The molecule has 0 unspecified atom stereocenters. The van der Waals surface area contributed by atoms with Gasteiger partial charge in [-0.15, -0.1) is 10.2 Å². The number of piperazine rings is 1. The molecule has 6 heteroatoms. The van der Waals surface area contributed by atoms with E-state index in [-0.39, 0.29) is 5.91 Å². The molecule has 4 rings (SSSR count). The zero-order valence-corrected chi connectivity index (χ0v) is 16.8. The van der Waals surface area contributed by atoms with Crippen LogP contribution in [0, 0.1) is 13.8 Å². The topological polar surface area (TPSA) is 61.4 Å². The van der Waals surface area contributed by atoms with Crippen molar-refractivity contribution in [2.24, 2.45) is 0 Å². The Hall–Kier alpha value is -3.41. The number of amides is 1. The molecule has 0 radical (unpaired) electrons. The summed E-state index contributed by atoms with van der Waals surface area (Å²) in [5.74, 6) is 1.13. The lowest BCUT2D eigenvalue weighted by atomic mass is 10.1. The summed E-state index contributed by atoms with van der Waals surface area (Å²) in [6.45, 7) is 7.69. The van der Waals surface area contributed by atoms with Crippen molar-refractivity contribution < 1.29 is 4.79 Å². The highest BCUT2D eigenvalue weighted by Crippen LogP contribution is 2.20. The van der Waals surface area contributed by atoms with Crippen molar-refractivity contribution in [1.29, 1.82) is 0 Å². The average molecular weight is 387 g/mol. The van der Waals surface area contributed by atoms with Crippen LogP contribution in [0.5, 0.6) is 0 Å². The third kappa shape index (κ3) is 4.37. The second-order valence-corrected chi connectivity index (χ2v) is 7.36. The van der Waals surface area contributed by atoms with Crippen molar-refractivity contribution in [2.75, 3.05) is 41.3 Å². The molecule has 0 bridgehead atoms. The number of nitrogens with one attached hydrogen (secondary N) is 1. The highest BCUT2D eigenvalue weighted by Gasteiger charge is 2.19. The van der Waals surface area contributed by atoms with Crippen LogP contribution in [0.2, 0.25) is 0 Å². The summed E-state index contributed by atoms with van der Waals surface area (Å²) in [6, 6.07) is 19.8. The first kappa shape index (κ1) is 18.9. The number of anilines is 3. The van der Waals surface area contributed by atoms with Gasteiger partial charge in [0.2, 0.25) is 0 Å². The summed E-state index contributed by atoms with van der Waals surface area (Å²) in [4.78, 5) is 17.0. The van der Waals surface area contributed by atoms with Gasteiger partial charge in [-0.2, -0.15) is 0 Å². The first-order valence-electron chi connectivity index (χ1n) is 9.87. The molecule has 6 nitrogen and oxygen atoms in total. The summed E-state index contributed by atoms with van der Waals surface area (Å²) in [7, 11) is 0. The molecule has 1 aliphatic heterocycles. The molecule has 0 atom stereocenters. The molecule has 0 spiro atoms. The van der Waals surface area contributed by atoms with Gasteiger partial charge >= 0.3 is 0 Å². The number of aryl methyl sites for hydroxylation is 2. The van der Waals surface area contributed by atoms with Gasteiger partial charge in [0.25, 0.3) is 5.91 Å². The van der Waals surface area contributed by atoms with Gasteiger partial charge in [0, 0.05) is 37.4 Å². The Balaban J connectivity index is 1.36. The van der Waals surface area contributed by atoms with E-state index in [1.54, 1.807) is 6.07 Å². The van der Waals surface area contributed by atoms with E-state index in [0.29, 0.717) is 11.4 Å². The van der Waals surface area contributed by atoms with Gasteiger partial charge in [-0.1, -0.05) is 30.3 Å². The fourth-order valence-corrected chi connectivity index (χ4v) is 3.59. The Bertz CT molecular complexity index is 994. The number of aromatic nitrogens is 2. The molecule has 1 amide bonds. The number of hydrogen-bond donors (Lipinski definition) is 1. The van der Waals surface area contributed by atoms with Crippen LogP contribution in [0.15, 0.2) is 60.7 Å². The van der Waals surface area contributed by atoms with Crippen molar-refractivity contribution in [3.8, 4) is 0 Å². The third-order valence-electron chi connectivity index (χ3n) is 5.25. The predicted molar refractivity (Wildman–Crippen MR) is 117 cm³/mol. The van der Waals surface area contributed by atoms with Crippen LogP contribution in [0.4, 0.5) is 17.3 Å². The molecule has 148 valence electrons. The molecule has 1 aliphatic rings. The Morgan fingerprint density at radius 2 is 1.62 bits per heavy atom. The zero-order valence-electron chi connectivity index (χ0n) is 16.8. The second-order valence-electron chi connectivity index (χ2n) is 7.36. The summed E-state index contributed by atoms with van der Waals surface area (Å²) in [5, 5.41) is 11.4. The van der Waals surface area contributed by atoms with Crippen molar-refractivity contribution in [3.63, 3.8) is 0 Å². The summed E-state index contributed by atoms with van der Waals surface area (Å²) in [5.41, 5.74) is 4.12. The molecule has 2 heterocycles. The smallest absolute Gasteiger partial charge is 0.257 e. The van der Waals surface area contributed by atoms with Crippen LogP contribution in [-0.4, -0.2) is 42.3 Å². The van der Waals surface area contributed by atoms with E-state index in [0.717, 1.165) is 37.6 Å². The van der Waals surface area contributed by atoms with Crippen LogP contribution in [0.25, 0.3) is 0 Å². The van der Waals surface area contributed by atoms with Crippen molar-refractivity contribution in [1.82, 2.24) is 10.2 Å². The Labute approximate surface area is 171 Å². The van der Waals surface area contributed by atoms with Gasteiger partial charge in [-0.25, -0.2) is 0 Å². The lowest BCUT2D eigenvalue weighted by Gasteiger charge is -2.36. The Kier molecular flexibility index (Phi) is 5.42. The lowest BCUT2D eigenvalue weighted by Crippen LogP contribution is -2.46. The minimum absolute atomic E-state index is 0.170. The van der Waals surface area contributed by atoms with Gasteiger partial charge in [0.1, 0.15) is 0 Å². The lowest BCUT2D eigenvalue weighted by molar-refractivity contribution is 0.102. The van der Waals surface area contributed by atoms with Gasteiger partial charge < -0.3 is 15.1 Å². The second kappa shape index (κ2) is 8.31. The maximum atomic E-state index is 12.4. The van der Waals surface area contributed by atoms with E-state index in [9.17, 15) is 4.79 Å². The van der Waals surface area contributed by atoms with Crippen LogP contribution in [0.1, 0.15) is 21.5 Å². The normalized spacial score (nSPS) is 14.0. The molecule has 3 aromatic rings. The van der Waals surface area contributed by atoms with Gasteiger partial charge in [-0.3, -0.25) is 4.79 Å². The first-order valence-corrected chi connectivity index (χ1v) is 9.87. The molecule has 2 aromatic carbocycles. The highest BCUT2D eigenvalue weighted by molar-refractivity contribution is 6.04. The van der Waals surface area contributed by atoms with E-state index < -0.39 is 0 Å². The minimum atomic E-state index is -0.170. The quantitative estimate of drug-likeness (QED) is 0.740. The first-order chi connectivity index (χ1) is 14.1. The average Bonchev–Trinajstić information content (AvgIpc) is 2.75. The molecule has 1 N–H and O–H groups in total. The molecule has 1 fully saturated rings. The number of carbonyl (C=O) groups is 1. The molecule has 0 aliphatic carbocycles. The van der Waals surface area contributed by atoms with E-state index >= 15 is 0 Å². The minimum Gasteiger partial charge on any atom is -0.368 e. The van der Waals surface area contributed by atoms with Crippen molar-refractivity contribution in [3.05, 3.63) is 77.4 Å². The summed E-state index contributed by atoms with van der Waals surface area (Å²) < 4.78 is 0. The molecule has 1 aromatic heterocycles. The number of hydrogen-bond acceptors (Lipinski definition) is 5. The maximum absolute atomic E-state index is 12.4. The van der Waals surface area contributed by atoms with E-state index in [2.05, 4.69) is 56.5 Å². The third-order valence-corrected chi connectivity index (χ3v) is 5.25. The number of nitrogens with zero attached hydrogens (tertiary/aromatic N) is 4. The van der Waals surface area contributed by atoms with E-state index in [1.165, 1.54) is 11.3 Å². The number of carbonyl (C=O) groups excluding carboxylic acids is 1. The zero-order chi connectivity index (χ0) is 20.2. The molecular formula is C23H25N5O. The summed E-state index contributed by atoms with van der Waals surface area (Å²) >= 11 is 0. The Morgan fingerprint density at radius 1 is 0.862 bits per heavy atom. The molecule has 1 saturated heterocycles. The number of rotatable bonds is 4. The van der Waals surface area contributed by atoms with Crippen molar-refractivity contribution >= 4 is 23.2 Å². The van der Waals surface area contributed by atoms with Gasteiger partial charge in [0.05, 0.1) is 0 Å². The number of benzene rings is 2. The monoisotopic (exact) mass is 387 g/mol. The van der Waals surface area contributed by atoms with E-state index in [1.807, 2.05) is 37.3 Å². The van der Waals surface area contributed by atoms with E-state index in [4.69, 9.17) is 0 Å². The van der Waals surface area contributed by atoms with Gasteiger partial charge in [0.15, 0.2) is 11.6 Å². The van der Waals surface area contributed by atoms with Crippen LogP contribution < -0.4 is 15.1 Å². The van der Waals surface area contributed by atoms with Gasteiger partial charge in [-0.05, 0) is 55.3 Å². The fourth-order valence-electron chi connectivity index (χ4n) is 3.59. The fraction of sp³-hybridized carbons (Fsp3) is 0.261. The largest absolute Gasteiger partial charge is 0.368 e. The SMILES string of the molecule is Cc1cccc(N2CCN(c3ccc(NC(=O)c4ccccc4C)nn3)CC2)c1.